The molecule has 3 fully saturated rings. The van der Waals surface area contributed by atoms with Crippen molar-refractivity contribution >= 4 is 46.9 Å². The fraction of sp³-hybridized carbons (Fsp3) is 0.619. The number of hydrogen-bond donors (Lipinski definition) is 1. The van der Waals surface area contributed by atoms with E-state index in [-0.39, 0.29) is 18.3 Å². The quantitative estimate of drug-likeness (QED) is 0.747. The highest BCUT2D eigenvalue weighted by molar-refractivity contribution is 8.18. The van der Waals surface area contributed by atoms with Crippen molar-refractivity contribution in [2.24, 2.45) is 0 Å². The lowest BCUT2D eigenvalue weighted by Crippen LogP contribution is -2.33. The molecule has 1 aromatic carbocycles. The highest BCUT2D eigenvalue weighted by Gasteiger charge is 2.36. The van der Waals surface area contributed by atoms with Crippen LogP contribution < -0.4 is 15.1 Å². The van der Waals surface area contributed by atoms with Gasteiger partial charge in [-0.25, -0.2) is 9.18 Å². The summed E-state index contributed by atoms with van der Waals surface area (Å²) in [5, 5.41) is 2.65. The molecular weight excluding hydrogens is 425 g/mol. The average Bonchev–Trinajstić information content (AvgIpc) is 2.99. The molecule has 0 bridgehead atoms. The second-order valence-electron chi connectivity index (χ2n) is 7.99. The van der Waals surface area contributed by atoms with E-state index in [0.29, 0.717) is 22.0 Å². The van der Waals surface area contributed by atoms with E-state index in [9.17, 15) is 9.59 Å². The normalized spacial score (nSPS) is 23.9. The Balaban J connectivity index is 1.42. The number of anilines is 2. The van der Waals surface area contributed by atoms with E-state index >= 15 is 4.39 Å². The summed E-state index contributed by atoms with van der Waals surface area (Å²) in [6, 6.07) is 4.98. The smallest absolute Gasteiger partial charge is 0.414 e. The van der Waals surface area contributed by atoms with E-state index in [1.807, 2.05) is 0 Å². The Kier molecular flexibility index (Phi) is 6.67. The van der Waals surface area contributed by atoms with E-state index in [0.717, 1.165) is 25.9 Å². The third kappa shape index (κ3) is 4.82. The summed E-state index contributed by atoms with van der Waals surface area (Å²) in [5.74, 6) is 1.96. The zero-order valence-corrected chi connectivity index (χ0v) is 18.8. The number of nitrogens with one attached hydrogen (secondary N) is 1. The summed E-state index contributed by atoms with van der Waals surface area (Å²) < 4.78 is 20.6. The Morgan fingerprint density at radius 1 is 1.27 bits per heavy atom. The van der Waals surface area contributed by atoms with Crippen LogP contribution in [0.2, 0.25) is 0 Å². The highest BCUT2D eigenvalue weighted by Crippen LogP contribution is 2.49. The van der Waals surface area contributed by atoms with Crippen LogP contribution in [0, 0.1) is 5.82 Å². The van der Waals surface area contributed by atoms with Gasteiger partial charge in [0.25, 0.3) is 0 Å². The zero-order valence-electron chi connectivity index (χ0n) is 17.2. The van der Waals surface area contributed by atoms with Crippen molar-refractivity contribution in [2.75, 3.05) is 47.5 Å². The number of amides is 2. The molecule has 1 N–H and O–H groups in total. The Labute approximate surface area is 185 Å². The van der Waals surface area contributed by atoms with Gasteiger partial charge in [-0.05, 0) is 55.4 Å². The van der Waals surface area contributed by atoms with Crippen LogP contribution in [0.25, 0.3) is 0 Å². The van der Waals surface area contributed by atoms with Crippen LogP contribution >= 0.6 is 23.5 Å². The van der Waals surface area contributed by atoms with Crippen molar-refractivity contribution < 1.29 is 18.7 Å². The molecule has 1 aromatic rings. The van der Waals surface area contributed by atoms with Crippen molar-refractivity contribution in [3.8, 4) is 0 Å². The molecule has 4 rings (SSSR count). The minimum atomic E-state index is -0.513. The summed E-state index contributed by atoms with van der Waals surface area (Å²) in [6.07, 6.45) is 3.63. The molecule has 3 aliphatic rings. The molecule has 164 valence electrons. The number of carbonyl (C=O) groups is 2. The third-order valence-electron chi connectivity index (χ3n) is 5.80. The van der Waals surface area contributed by atoms with Crippen molar-refractivity contribution in [1.29, 1.82) is 0 Å². The summed E-state index contributed by atoms with van der Waals surface area (Å²) in [4.78, 5) is 26.8. The SMILES string of the molecule is CC(=O)NCC1CN(c2ccc(N3CCCC4(CC3)SCCCS4)c(F)c2)C(=O)O1. The van der Waals surface area contributed by atoms with Crippen LogP contribution in [0.15, 0.2) is 18.2 Å². The molecule has 6 nitrogen and oxygen atoms in total. The molecule has 0 aliphatic carbocycles. The summed E-state index contributed by atoms with van der Waals surface area (Å²) in [7, 11) is 0. The topological polar surface area (TPSA) is 61.9 Å². The summed E-state index contributed by atoms with van der Waals surface area (Å²) in [6.45, 7) is 3.66. The van der Waals surface area contributed by atoms with Gasteiger partial charge in [0.2, 0.25) is 5.91 Å². The van der Waals surface area contributed by atoms with E-state index in [4.69, 9.17) is 4.74 Å². The highest BCUT2D eigenvalue weighted by atomic mass is 32.2. The molecular formula is C21H28FN3O3S2. The molecule has 3 heterocycles. The van der Waals surface area contributed by atoms with Gasteiger partial charge in [-0.2, -0.15) is 0 Å². The summed E-state index contributed by atoms with van der Waals surface area (Å²) >= 11 is 4.17. The van der Waals surface area contributed by atoms with Crippen molar-refractivity contribution in [1.82, 2.24) is 5.32 Å². The predicted octanol–water partition coefficient (Wildman–Crippen LogP) is 3.84. The van der Waals surface area contributed by atoms with Gasteiger partial charge >= 0.3 is 6.09 Å². The van der Waals surface area contributed by atoms with Gasteiger partial charge in [0.15, 0.2) is 0 Å². The van der Waals surface area contributed by atoms with Crippen molar-refractivity contribution in [3.05, 3.63) is 24.0 Å². The lowest BCUT2D eigenvalue weighted by atomic mass is 10.2. The first-order valence-corrected chi connectivity index (χ1v) is 12.5. The molecule has 3 aliphatic heterocycles. The first kappa shape index (κ1) is 21.6. The molecule has 30 heavy (non-hydrogen) atoms. The molecule has 3 saturated heterocycles. The lowest BCUT2D eigenvalue weighted by molar-refractivity contribution is -0.119. The minimum Gasteiger partial charge on any atom is -0.442 e. The lowest BCUT2D eigenvalue weighted by Gasteiger charge is -2.35. The number of thioether (sulfide) groups is 2. The first-order valence-electron chi connectivity index (χ1n) is 10.5. The molecule has 9 heteroatoms. The van der Waals surface area contributed by atoms with Crippen molar-refractivity contribution in [2.45, 2.75) is 42.8 Å². The van der Waals surface area contributed by atoms with Gasteiger partial charge in [-0.1, -0.05) is 0 Å². The Morgan fingerprint density at radius 3 is 2.80 bits per heavy atom. The average molecular weight is 454 g/mol. The van der Waals surface area contributed by atoms with E-state index in [2.05, 4.69) is 33.7 Å². The van der Waals surface area contributed by atoms with Crippen LogP contribution in [0.3, 0.4) is 0 Å². The molecule has 1 spiro atoms. The molecule has 1 atom stereocenters. The number of benzene rings is 1. The number of rotatable bonds is 4. The standard InChI is InChI=1S/C21H28FN3O3S2/c1-15(26)23-13-17-14-25(20(27)28-17)16-4-5-19(18(22)12-16)24-8-2-6-21(7-9-24)29-10-3-11-30-21/h4-5,12,17H,2-3,6-11,13-14H2,1H3,(H,23,26). The number of halogens is 1. The predicted molar refractivity (Wildman–Crippen MR) is 121 cm³/mol. The van der Waals surface area contributed by atoms with Crippen LogP contribution in [-0.4, -0.2) is 59.9 Å². The van der Waals surface area contributed by atoms with Crippen LogP contribution in [0.5, 0.6) is 0 Å². The minimum absolute atomic E-state index is 0.177. The monoisotopic (exact) mass is 453 g/mol. The fourth-order valence-electron chi connectivity index (χ4n) is 4.24. The van der Waals surface area contributed by atoms with Crippen LogP contribution in [0.4, 0.5) is 20.6 Å². The van der Waals surface area contributed by atoms with E-state index in [1.165, 1.54) is 42.2 Å². The maximum Gasteiger partial charge on any atom is 0.414 e. The van der Waals surface area contributed by atoms with Gasteiger partial charge in [0.05, 0.1) is 28.5 Å². The van der Waals surface area contributed by atoms with Gasteiger partial charge in [-0.15, -0.1) is 23.5 Å². The van der Waals surface area contributed by atoms with Gasteiger partial charge in [0.1, 0.15) is 11.9 Å². The number of nitrogens with zero attached hydrogens (tertiary/aromatic N) is 2. The molecule has 0 aromatic heterocycles. The second-order valence-corrected chi connectivity index (χ2v) is 11.2. The number of hydrogen-bond acceptors (Lipinski definition) is 6. The Morgan fingerprint density at radius 2 is 2.07 bits per heavy atom. The molecule has 2 amide bonds. The first-order chi connectivity index (χ1) is 14.5. The molecule has 0 saturated carbocycles. The summed E-state index contributed by atoms with van der Waals surface area (Å²) in [5.41, 5.74) is 1.08. The maximum atomic E-state index is 15.0. The third-order valence-corrected chi connectivity index (χ3v) is 9.37. The zero-order chi connectivity index (χ0) is 21.1. The number of ether oxygens (including phenoxy) is 1. The van der Waals surface area contributed by atoms with Gasteiger partial charge in [0, 0.05) is 20.0 Å². The van der Waals surface area contributed by atoms with Crippen LogP contribution in [0.1, 0.15) is 32.6 Å². The van der Waals surface area contributed by atoms with E-state index < -0.39 is 12.2 Å². The van der Waals surface area contributed by atoms with Gasteiger partial charge < -0.3 is 15.0 Å². The van der Waals surface area contributed by atoms with Crippen molar-refractivity contribution in [3.63, 3.8) is 0 Å². The maximum absolute atomic E-state index is 15.0. The second kappa shape index (κ2) is 9.26. The van der Waals surface area contributed by atoms with E-state index in [1.54, 1.807) is 12.1 Å². The van der Waals surface area contributed by atoms with Crippen LogP contribution in [-0.2, 0) is 9.53 Å². The molecule has 1 unspecified atom stereocenters. The fourth-order valence-corrected chi connectivity index (χ4v) is 7.63. The number of carbonyl (C=O) groups excluding carboxylic acids is 2. The largest absolute Gasteiger partial charge is 0.442 e. The Hall–Kier alpha value is -1.61. The van der Waals surface area contributed by atoms with Gasteiger partial charge in [-0.3, -0.25) is 9.69 Å². The number of cyclic esters (lactones) is 1. The molecule has 0 radical (unpaired) electrons. The Bertz CT molecular complexity index is 804.